The lowest BCUT2D eigenvalue weighted by Crippen LogP contribution is -2.62. The third-order valence-corrected chi connectivity index (χ3v) is 21.8. The van der Waals surface area contributed by atoms with Crippen LogP contribution < -0.4 is 47.9 Å². The lowest BCUT2D eigenvalue weighted by molar-refractivity contribution is -0.542. The molecule has 4 aliphatic carbocycles. The Bertz CT molecular complexity index is 2100. The molecule has 0 unspecified atom stereocenters. The van der Waals surface area contributed by atoms with Gasteiger partial charge in [-0.05, 0) is 56.3 Å². The van der Waals surface area contributed by atoms with Gasteiger partial charge in [-0.3, -0.25) is 69.8 Å². The number of nitrogens with zero attached hydrogens (tertiary/aromatic N) is 4. The van der Waals surface area contributed by atoms with Crippen LogP contribution in [-0.2, 0) is 19.1 Å². The van der Waals surface area contributed by atoms with E-state index in [4.69, 9.17) is 4.18 Å². The first-order valence-electron chi connectivity index (χ1n) is 27.0. The zero-order valence-corrected chi connectivity index (χ0v) is 44.4. The van der Waals surface area contributed by atoms with Crippen molar-refractivity contribution in [1.29, 1.82) is 0 Å². The van der Waals surface area contributed by atoms with Gasteiger partial charge in [-0.25, -0.2) is 0 Å². The molecule has 12 aliphatic rings. The number of nitrogens with one attached hydrogen (secondary N) is 9. The van der Waals surface area contributed by atoms with Crippen LogP contribution >= 0.6 is 35.3 Å². The van der Waals surface area contributed by atoms with Crippen LogP contribution in [0.3, 0.4) is 0 Å². The smallest absolute Gasteiger partial charge is 0.346 e. The molecule has 69 heavy (non-hydrogen) atoms. The molecule has 0 radical (unpaired) electrons. The van der Waals surface area contributed by atoms with Crippen LogP contribution in [0.1, 0.15) is 89.9 Å². The van der Waals surface area contributed by atoms with E-state index in [1.54, 1.807) is 0 Å². The average molecular weight is 1030 g/mol. The van der Waals surface area contributed by atoms with Crippen molar-refractivity contribution < 1.29 is 35.7 Å². The molecule has 384 valence electrons. The fraction of sp³-hybridized carbons (Fsp3) is 0.896. The van der Waals surface area contributed by atoms with Crippen LogP contribution in [0.15, 0.2) is 0 Å². The molecule has 8 aliphatic heterocycles. The summed E-state index contributed by atoms with van der Waals surface area (Å²) in [5.74, 6) is 14.1. The summed E-state index contributed by atoms with van der Waals surface area (Å²) >= 11 is 6.22. The zero-order chi connectivity index (χ0) is 47.0. The standard InChI is InChI=1S/C48H79N13O4S4/c1-69(63,64)65-25-36-3-11-59-13-5-38(53-45(59)51-36)27-67-29-40-7-15-61-17-9-42(57-47(61)55-40)31-68-30-41-8-16-60-14-6-39(54-46(60)56-41)28-66-26-37-4-12-58-10-2-35(50-44(58)52-37)24-49-43(62)48-21-32-18-33(22-48)20-34(19-32)23-48/h32-42H,2-31H2,1H3,(H5,49,50,51,52,53,54,55,56,57,62)/p+4/t32?,33?,34?,35-,36-,37-,38-,39-,40-,41-,42-,48?/m1/s1. The van der Waals surface area contributed by atoms with Gasteiger partial charge in [0.1, 0.15) is 6.04 Å². The number of amides is 1. The van der Waals surface area contributed by atoms with Crippen LogP contribution in [0.4, 0.5) is 0 Å². The van der Waals surface area contributed by atoms with E-state index < -0.39 is 10.1 Å². The molecule has 17 nitrogen and oxygen atoms in total. The largest absolute Gasteiger partial charge is 0.352 e. The SMILES string of the molecule is CS(=O)(=O)OC[C@H]1CC[N+]2=C(N1)N[C@@H](CSC[C@H]1CC[N+]3=C(N1)N[C@@H](CSC[C@H]1CC[N+]4=C(N[C@@H](CSC[C@H]5CC[N+]6=C(N[C@@H](CNC(=O)C78CC9CC(CC(C9)C7)C8)CC6)N5)CC4)N1)CC3)CC2. The summed E-state index contributed by atoms with van der Waals surface area (Å²) in [6, 6.07) is 3.11. The van der Waals surface area contributed by atoms with Crippen molar-refractivity contribution in [2.45, 2.75) is 138 Å². The number of carbonyl (C=O) groups excluding carboxylic acids is 1. The van der Waals surface area contributed by atoms with Gasteiger partial charge in [-0.1, -0.05) is 0 Å². The maximum atomic E-state index is 13.6. The third kappa shape index (κ3) is 12.1. The fourth-order valence-electron chi connectivity index (χ4n) is 13.9. The van der Waals surface area contributed by atoms with Gasteiger partial charge >= 0.3 is 23.8 Å². The molecule has 1 amide bonds. The Morgan fingerprint density at radius 2 is 0.797 bits per heavy atom. The minimum Gasteiger partial charge on any atom is -0.352 e. The zero-order valence-electron chi connectivity index (χ0n) is 41.1. The van der Waals surface area contributed by atoms with E-state index in [-0.39, 0.29) is 18.1 Å². The first-order chi connectivity index (χ1) is 33.5. The molecule has 8 heterocycles. The molecule has 12 rings (SSSR count). The van der Waals surface area contributed by atoms with Crippen molar-refractivity contribution in [2.75, 3.05) is 106 Å². The minimum atomic E-state index is -3.44. The Hall–Kier alpha value is -2.49. The Kier molecular flexibility index (Phi) is 15.2. The molecule has 4 saturated carbocycles. The van der Waals surface area contributed by atoms with Gasteiger partial charge in [-0.15, -0.1) is 0 Å². The summed E-state index contributed by atoms with van der Waals surface area (Å²) in [7, 11) is -3.44. The molecule has 9 N–H and O–H groups in total. The molecule has 0 saturated heterocycles. The Balaban J connectivity index is 0.552. The molecule has 8 atom stereocenters. The molecule has 0 spiro atoms. The Morgan fingerprint density at radius 3 is 1.13 bits per heavy atom. The van der Waals surface area contributed by atoms with Gasteiger partial charge in [0.05, 0.1) is 114 Å². The summed E-state index contributed by atoms with van der Waals surface area (Å²) in [5.41, 5.74) is -0.0652. The number of carbonyl (C=O) groups is 1. The van der Waals surface area contributed by atoms with Crippen LogP contribution in [0.25, 0.3) is 0 Å². The van der Waals surface area contributed by atoms with E-state index in [1.165, 1.54) is 69.2 Å². The fourth-order valence-corrected chi connectivity index (χ4v) is 18.0. The Morgan fingerprint density at radius 1 is 0.507 bits per heavy atom. The highest BCUT2D eigenvalue weighted by Gasteiger charge is 2.54. The molecule has 0 aromatic rings. The first-order valence-corrected chi connectivity index (χ1v) is 32.3. The van der Waals surface area contributed by atoms with E-state index in [0.29, 0.717) is 48.2 Å². The normalized spacial score (nSPS) is 37.0. The van der Waals surface area contributed by atoms with Crippen molar-refractivity contribution in [3.8, 4) is 0 Å². The van der Waals surface area contributed by atoms with E-state index in [9.17, 15) is 13.2 Å². The van der Waals surface area contributed by atoms with Gasteiger partial charge in [-0.2, -0.15) is 43.7 Å². The number of hydrogen-bond donors (Lipinski definition) is 9. The molecule has 0 aromatic carbocycles. The third-order valence-electron chi connectivity index (χ3n) is 17.4. The van der Waals surface area contributed by atoms with Crippen molar-refractivity contribution in [3.05, 3.63) is 0 Å². The Labute approximate surface area is 424 Å². The lowest BCUT2D eigenvalue weighted by Gasteiger charge is -2.55. The second-order valence-electron chi connectivity index (χ2n) is 22.9. The molecular weight excluding hydrogens is 951 g/mol. The van der Waals surface area contributed by atoms with E-state index in [2.05, 4.69) is 89.7 Å². The maximum Gasteiger partial charge on any atom is 0.346 e. The monoisotopic (exact) mass is 1030 g/mol. The quantitative estimate of drug-likeness (QED) is 0.0655. The van der Waals surface area contributed by atoms with Crippen LogP contribution in [0.2, 0.25) is 0 Å². The van der Waals surface area contributed by atoms with Crippen molar-refractivity contribution in [2.24, 2.45) is 23.2 Å². The summed E-state index contributed by atoms with van der Waals surface area (Å²) in [6.45, 7) is 9.51. The molecule has 21 heteroatoms. The highest BCUT2D eigenvalue weighted by Crippen LogP contribution is 2.60. The number of hydrogen-bond acceptors (Lipinski definition) is 15. The van der Waals surface area contributed by atoms with Gasteiger partial charge in [0.2, 0.25) is 5.91 Å². The minimum absolute atomic E-state index is 0.00357. The average Bonchev–Trinajstić information content (AvgIpc) is 3.34. The van der Waals surface area contributed by atoms with E-state index >= 15 is 0 Å². The second-order valence-corrected chi connectivity index (χ2v) is 27.8. The summed E-state index contributed by atoms with van der Waals surface area (Å²) in [5, 5.41) is 34.0. The highest BCUT2D eigenvalue weighted by molar-refractivity contribution is 7.99. The van der Waals surface area contributed by atoms with E-state index in [1.807, 2.05) is 11.8 Å². The number of thioether (sulfide) groups is 3. The van der Waals surface area contributed by atoms with Crippen molar-refractivity contribution in [3.63, 3.8) is 0 Å². The van der Waals surface area contributed by atoms with Gasteiger partial charge in [0.25, 0.3) is 10.1 Å². The molecular formula is C48H83N13O4S4+4. The predicted molar refractivity (Wildman–Crippen MR) is 279 cm³/mol. The first kappa shape index (κ1) is 48.8. The predicted octanol–water partition coefficient (Wildman–Crippen LogP) is -0.136. The molecule has 4 fully saturated rings. The highest BCUT2D eigenvalue weighted by atomic mass is 32.2. The summed E-state index contributed by atoms with van der Waals surface area (Å²) in [4.78, 5) is 13.6. The van der Waals surface area contributed by atoms with Crippen LogP contribution in [-0.4, -0.2) is 211 Å². The van der Waals surface area contributed by atoms with E-state index in [0.717, 1.165) is 162 Å². The van der Waals surface area contributed by atoms with Gasteiger partial charge in [0.15, 0.2) is 0 Å². The van der Waals surface area contributed by atoms with Crippen LogP contribution in [0, 0.1) is 23.2 Å². The maximum absolute atomic E-state index is 13.6. The van der Waals surface area contributed by atoms with Crippen molar-refractivity contribution >= 4 is 75.1 Å². The van der Waals surface area contributed by atoms with Gasteiger partial charge < -0.3 is 5.32 Å². The molecule has 0 aromatic heterocycles. The van der Waals surface area contributed by atoms with Crippen LogP contribution in [0.5, 0.6) is 0 Å². The summed E-state index contributed by atoms with van der Waals surface area (Å²) in [6.07, 6.45) is 17.6. The lowest BCUT2D eigenvalue weighted by atomic mass is 9.49. The van der Waals surface area contributed by atoms with Crippen molar-refractivity contribution in [1.82, 2.24) is 47.9 Å². The molecule has 4 bridgehead atoms. The number of guanidine groups is 4. The summed E-state index contributed by atoms with van der Waals surface area (Å²) < 4.78 is 38.0. The topological polar surface area (TPSA) is 181 Å². The number of rotatable bonds is 18. The van der Waals surface area contributed by atoms with Gasteiger partial charge in [0, 0.05) is 91.3 Å². The second kappa shape index (κ2) is 21.5.